The van der Waals surface area contributed by atoms with E-state index >= 15 is 0 Å². The molecule has 0 saturated carbocycles. The van der Waals surface area contributed by atoms with E-state index in [9.17, 15) is 9.59 Å². The third kappa shape index (κ3) is 4.92. The largest absolute Gasteiger partial charge is 0.448 e. The lowest BCUT2D eigenvalue weighted by Crippen LogP contribution is -2.47. The molecule has 0 fully saturated rings. The van der Waals surface area contributed by atoms with Crippen LogP contribution in [0.2, 0.25) is 4.47 Å². The van der Waals surface area contributed by atoms with Crippen molar-refractivity contribution in [1.29, 1.82) is 0 Å². The number of ether oxygens (including phenoxy) is 1. The van der Waals surface area contributed by atoms with Crippen molar-refractivity contribution in [3.05, 3.63) is 13.9 Å². The van der Waals surface area contributed by atoms with Gasteiger partial charge in [0.05, 0.1) is 6.04 Å². The van der Waals surface area contributed by atoms with Crippen LogP contribution in [0.3, 0.4) is 0 Å². The first-order valence-corrected chi connectivity index (χ1v) is 7.65. The zero-order valence-corrected chi connectivity index (χ0v) is 14.4. The van der Waals surface area contributed by atoms with Gasteiger partial charge in [0.15, 0.2) is 10.2 Å². The molecular formula is C11H15BrClN3O3S. The molecule has 0 bridgehead atoms. The monoisotopic (exact) mass is 383 g/mol. The number of halogens is 2. The summed E-state index contributed by atoms with van der Waals surface area (Å²) in [4.78, 5) is 26.8. The molecule has 20 heavy (non-hydrogen) atoms. The van der Waals surface area contributed by atoms with Crippen molar-refractivity contribution < 1.29 is 14.3 Å². The van der Waals surface area contributed by atoms with Gasteiger partial charge in [0.25, 0.3) is 5.91 Å². The summed E-state index contributed by atoms with van der Waals surface area (Å²) in [5.74, 6) is -0.395. The Hall–Kier alpha value is -0.860. The van der Waals surface area contributed by atoms with Crippen LogP contribution in [0.25, 0.3) is 0 Å². The summed E-state index contributed by atoms with van der Waals surface area (Å²) < 4.78 is 5.58. The molecule has 112 valence electrons. The summed E-state index contributed by atoms with van der Waals surface area (Å²) in [6, 6.07) is -0.408. The Morgan fingerprint density at radius 1 is 1.55 bits per heavy atom. The second-order valence-corrected chi connectivity index (χ2v) is 8.01. The van der Waals surface area contributed by atoms with Gasteiger partial charge in [-0.05, 0) is 21.3 Å². The third-order valence-electron chi connectivity index (χ3n) is 2.52. The highest BCUT2D eigenvalue weighted by Crippen LogP contribution is 2.28. The van der Waals surface area contributed by atoms with E-state index in [2.05, 4.69) is 26.2 Å². The lowest BCUT2D eigenvalue weighted by Gasteiger charge is -2.30. The minimum atomic E-state index is -0.883. The molecule has 0 radical (unpaired) electrons. The lowest BCUT2D eigenvalue weighted by atomic mass is 9.87. The van der Waals surface area contributed by atoms with Gasteiger partial charge in [-0.15, -0.1) is 0 Å². The highest BCUT2D eigenvalue weighted by atomic mass is 79.9. The van der Waals surface area contributed by atoms with Gasteiger partial charge in [-0.3, -0.25) is 4.79 Å². The zero-order chi connectivity index (χ0) is 15.5. The molecule has 0 aliphatic carbocycles. The summed E-state index contributed by atoms with van der Waals surface area (Å²) in [6.45, 7) is 5.71. The van der Waals surface area contributed by atoms with E-state index < -0.39 is 18.0 Å². The Balaban J connectivity index is 2.81. The molecule has 9 heteroatoms. The number of amides is 2. The van der Waals surface area contributed by atoms with Gasteiger partial charge < -0.3 is 15.8 Å². The fourth-order valence-corrected chi connectivity index (χ4v) is 3.16. The van der Waals surface area contributed by atoms with Gasteiger partial charge in [0.2, 0.25) is 0 Å². The Morgan fingerprint density at radius 3 is 2.55 bits per heavy atom. The van der Waals surface area contributed by atoms with Crippen LogP contribution in [0.1, 0.15) is 31.3 Å². The van der Waals surface area contributed by atoms with Crippen molar-refractivity contribution in [3.63, 3.8) is 0 Å². The number of aromatic nitrogens is 1. The van der Waals surface area contributed by atoms with Crippen molar-refractivity contribution >= 4 is 50.9 Å². The molecule has 6 nitrogen and oxygen atoms in total. The van der Waals surface area contributed by atoms with E-state index in [1.165, 1.54) is 0 Å². The molecule has 1 rings (SSSR count). The number of hydrogen-bond donors (Lipinski definition) is 2. The average Bonchev–Trinajstić information content (AvgIpc) is 2.61. The first-order valence-electron chi connectivity index (χ1n) is 5.66. The Morgan fingerprint density at radius 2 is 2.15 bits per heavy atom. The predicted octanol–water partition coefficient (Wildman–Crippen LogP) is 2.80. The fraction of sp³-hybridized carbons (Fsp3) is 0.545. The molecule has 1 heterocycles. The molecule has 3 N–H and O–H groups in total. The van der Waals surface area contributed by atoms with Crippen molar-refractivity contribution in [1.82, 2.24) is 10.3 Å². The van der Waals surface area contributed by atoms with Crippen LogP contribution in [0, 0.1) is 5.41 Å². The number of nitrogens with one attached hydrogen (secondary N) is 1. The summed E-state index contributed by atoms with van der Waals surface area (Å²) in [7, 11) is 0. The molecule has 1 aromatic rings. The van der Waals surface area contributed by atoms with Gasteiger partial charge >= 0.3 is 6.09 Å². The Kier molecular flexibility index (Phi) is 5.79. The number of primary amides is 1. The molecule has 1 unspecified atom stereocenters. The van der Waals surface area contributed by atoms with Crippen LogP contribution >= 0.6 is 38.9 Å². The SMILES string of the molecule is CC(C)(C)C(COC(N)=O)NC(=O)c1nc(Cl)sc1Br. The molecule has 0 aromatic carbocycles. The molecule has 2 amide bonds. The quantitative estimate of drug-likeness (QED) is 0.834. The van der Waals surface area contributed by atoms with Gasteiger partial charge in [-0.25, -0.2) is 9.78 Å². The van der Waals surface area contributed by atoms with Crippen molar-refractivity contribution in [3.8, 4) is 0 Å². The van der Waals surface area contributed by atoms with Gasteiger partial charge in [-0.1, -0.05) is 43.7 Å². The summed E-state index contributed by atoms with van der Waals surface area (Å²) in [5.41, 5.74) is 4.82. The van der Waals surface area contributed by atoms with E-state index in [1.54, 1.807) is 0 Å². The van der Waals surface area contributed by atoms with Crippen LogP contribution in [-0.2, 0) is 4.74 Å². The predicted molar refractivity (Wildman–Crippen MR) is 81.1 cm³/mol. The van der Waals surface area contributed by atoms with E-state index in [1.807, 2.05) is 20.8 Å². The number of rotatable bonds is 4. The first-order chi connectivity index (χ1) is 9.11. The van der Waals surface area contributed by atoms with Crippen molar-refractivity contribution in [2.24, 2.45) is 11.1 Å². The minimum Gasteiger partial charge on any atom is -0.448 e. The zero-order valence-electron chi connectivity index (χ0n) is 11.2. The average molecular weight is 385 g/mol. The fourth-order valence-electron chi connectivity index (χ4n) is 1.32. The third-order valence-corrected chi connectivity index (χ3v) is 4.33. The minimum absolute atomic E-state index is 0.0138. The molecule has 0 saturated heterocycles. The van der Waals surface area contributed by atoms with Gasteiger partial charge in [0.1, 0.15) is 10.4 Å². The van der Waals surface area contributed by atoms with E-state index in [0.29, 0.717) is 3.79 Å². The summed E-state index contributed by atoms with van der Waals surface area (Å²) in [5, 5.41) is 2.77. The summed E-state index contributed by atoms with van der Waals surface area (Å²) >= 11 is 10.1. The maximum Gasteiger partial charge on any atom is 0.404 e. The second-order valence-electron chi connectivity index (χ2n) is 5.11. The van der Waals surface area contributed by atoms with Crippen molar-refractivity contribution in [2.45, 2.75) is 26.8 Å². The van der Waals surface area contributed by atoms with Gasteiger partial charge in [-0.2, -0.15) is 0 Å². The highest BCUT2D eigenvalue weighted by Gasteiger charge is 2.29. The number of carbonyl (C=O) groups excluding carboxylic acids is 2. The van der Waals surface area contributed by atoms with Crippen LogP contribution in [0.4, 0.5) is 4.79 Å². The normalized spacial score (nSPS) is 12.8. The maximum atomic E-state index is 12.2. The lowest BCUT2D eigenvalue weighted by molar-refractivity contribution is 0.0799. The van der Waals surface area contributed by atoms with Crippen LogP contribution in [0.5, 0.6) is 0 Å². The van der Waals surface area contributed by atoms with Gasteiger partial charge in [0, 0.05) is 0 Å². The second kappa shape index (κ2) is 6.73. The Bertz CT molecular complexity index is 516. The van der Waals surface area contributed by atoms with E-state index in [4.69, 9.17) is 22.1 Å². The number of nitrogens with zero attached hydrogens (tertiary/aromatic N) is 1. The standard InChI is InChI=1S/C11H15BrClN3O3S/c1-11(2,3)5(4-19-10(14)18)15-8(17)6-7(12)20-9(13)16-6/h5H,4H2,1-3H3,(H2,14,18)(H,15,17). The summed E-state index contributed by atoms with van der Waals surface area (Å²) in [6.07, 6.45) is -0.883. The topological polar surface area (TPSA) is 94.3 Å². The van der Waals surface area contributed by atoms with Crippen molar-refractivity contribution in [2.75, 3.05) is 6.61 Å². The smallest absolute Gasteiger partial charge is 0.404 e. The highest BCUT2D eigenvalue weighted by molar-refractivity contribution is 9.11. The Labute approximate surface area is 134 Å². The number of carbonyl (C=O) groups is 2. The molecule has 0 spiro atoms. The van der Waals surface area contributed by atoms with Crippen LogP contribution in [0.15, 0.2) is 3.79 Å². The molecule has 1 aromatic heterocycles. The van der Waals surface area contributed by atoms with Crippen LogP contribution in [-0.4, -0.2) is 29.6 Å². The number of hydrogen-bond acceptors (Lipinski definition) is 5. The molecule has 1 atom stereocenters. The number of thiazole rings is 1. The molecule has 0 aliphatic heterocycles. The number of nitrogens with two attached hydrogens (primary N) is 1. The molecule has 0 aliphatic rings. The van der Waals surface area contributed by atoms with Crippen LogP contribution < -0.4 is 11.1 Å². The maximum absolute atomic E-state index is 12.2. The first kappa shape index (κ1) is 17.2. The molecular weight excluding hydrogens is 370 g/mol. The van der Waals surface area contributed by atoms with E-state index in [-0.39, 0.29) is 22.2 Å². The van der Waals surface area contributed by atoms with E-state index in [0.717, 1.165) is 11.3 Å².